The molecule has 0 spiro atoms. The topological polar surface area (TPSA) is 95.6 Å². The first-order valence-corrected chi connectivity index (χ1v) is 5.50. The molecule has 16 heavy (non-hydrogen) atoms. The molecule has 0 aromatic carbocycles. The van der Waals surface area contributed by atoms with Crippen molar-refractivity contribution in [2.24, 2.45) is 0 Å². The molecular formula is C10H10N4OS. The van der Waals surface area contributed by atoms with E-state index >= 15 is 0 Å². The van der Waals surface area contributed by atoms with Crippen LogP contribution in [0.5, 0.6) is 0 Å². The minimum atomic E-state index is -0.428. The standard InChI is InChI=1S/C10H10N4OS/c11-5-7-9(12)8(13-14-10(7)15)4-6-2-1-3-16-6/h1-3,5,11H,4H2,(H3,12,14,15). The van der Waals surface area contributed by atoms with Crippen LogP contribution in [0.15, 0.2) is 22.3 Å². The van der Waals surface area contributed by atoms with Crippen molar-refractivity contribution >= 4 is 23.2 Å². The summed E-state index contributed by atoms with van der Waals surface area (Å²) >= 11 is 1.60. The van der Waals surface area contributed by atoms with Crippen LogP contribution >= 0.6 is 11.3 Å². The van der Waals surface area contributed by atoms with E-state index in [0.717, 1.165) is 11.1 Å². The summed E-state index contributed by atoms with van der Waals surface area (Å²) in [5.74, 6) is 0. The molecule has 0 fully saturated rings. The zero-order valence-electron chi connectivity index (χ0n) is 8.36. The number of thiophene rings is 1. The lowest BCUT2D eigenvalue weighted by molar-refractivity contribution is 0.918. The van der Waals surface area contributed by atoms with Crippen LogP contribution in [-0.2, 0) is 6.42 Å². The molecule has 5 nitrogen and oxygen atoms in total. The first kappa shape index (κ1) is 10.6. The van der Waals surface area contributed by atoms with Crippen molar-refractivity contribution < 1.29 is 0 Å². The minimum Gasteiger partial charge on any atom is -0.396 e. The molecule has 0 bridgehead atoms. The fourth-order valence-corrected chi connectivity index (χ4v) is 2.08. The lowest BCUT2D eigenvalue weighted by atomic mass is 10.1. The number of nitrogen functional groups attached to an aromatic ring is 1. The Kier molecular flexibility index (Phi) is 2.82. The van der Waals surface area contributed by atoms with E-state index in [9.17, 15) is 4.79 Å². The van der Waals surface area contributed by atoms with Crippen LogP contribution in [-0.4, -0.2) is 16.4 Å². The third-order valence-electron chi connectivity index (χ3n) is 2.20. The number of nitrogens with zero attached hydrogens (tertiary/aromatic N) is 1. The highest BCUT2D eigenvalue weighted by atomic mass is 32.1. The second-order valence-corrected chi connectivity index (χ2v) is 4.26. The molecule has 0 radical (unpaired) electrons. The average Bonchev–Trinajstić information content (AvgIpc) is 2.76. The first-order valence-electron chi connectivity index (χ1n) is 4.62. The van der Waals surface area contributed by atoms with Gasteiger partial charge in [-0.3, -0.25) is 4.79 Å². The van der Waals surface area contributed by atoms with E-state index in [1.54, 1.807) is 11.3 Å². The van der Waals surface area contributed by atoms with Crippen molar-refractivity contribution in [2.75, 3.05) is 5.73 Å². The largest absolute Gasteiger partial charge is 0.396 e. The summed E-state index contributed by atoms with van der Waals surface area (Å²) < 4.78 is 0. The maximum absolute atomic E-state index is 11.3. The molecule has 2 aromatic heterocycles. The van der Waals surface area contributed by atoms with Gasteiger partial charge in [-0.1, -0.05) is 6.07 Å². The first-order chi connectivity index (χ1) is 7.72. The predicted molar refractivity (Wildman–Crippen MR) is 64.3 cm³/mol. The van der Waals surface area contributed by atoms with Gasteiger partial charge in [0.1, 0.15) is 0 Å². The summed E-state index contributed by atoms with van der Waals surface area (Å²) in [5.41, 5.74) is 6.40. The predicted octanol–water partition coefficient (Wildman–Crippen LogP) is 1.00. The molecule has 82 valence electrons. The van der Waals surface area contributed by atoms with Crippen molar-refractivity contribution in [1.29, 1.82) is 5.41 Å². The summed E-state index contributed by atoms with van der Waals surface area (Å²) in [6, 6.07) is 3.92. The van der Waals surface area contributed by atoms with Gasteiger partial charge < -0.3 is 11.1 Å². The zero-order chi connectivity index (χ0) is 11.5. The van der Waals surface area contributed by atoms with Crippen molar-refractivity contribution in [1.82, 2.24) is 10.2 Å². The van der Waals surface area contributed by atoms with Crippen LogP contribution in [0.1, 0.15) is 16.1 Å². The van der Waals surface area contributed by atoms with Gasteiger partial charge in [-0.25, -0.2) is 5.10 Å². The highest BCUT2D eigenvalue weighted by Crippen LogP contribution is 2.17. The number of nitrogens with one attached hydrogen (secondary N) is 2. The zero-order valence-corrected chi connectivity index (χ0v) is 9.17. The summed E-state index contributed by atoms with van der Waals surface area (Å²) in [7, 11) is 0. The highest BCUT2D eigenvalue weighted by Gasteiger charge is 2.10. The molecular weight excluding hydrogens is 224 g/mol. The molecule has 0 amide bonds. The Balaban J connectivity index is 2.43. The second kappa shape index (κ2) is 4.28. The lowest BCUT2D eigenvalue weighted by Crippen LogP contribution is -2.19. The fraction of sp³-hybridized carbons (Fsp3) is 0.100. The number of H-pyrrole nitrogens is 1. The number of anilines is 1. The number of hydrogen-bond donors (Lipinski definition) is 3. The Morgan fingerprint density at radius 2 is 2.44 bits per heavy atom. The smallest absolute Gasteiger partial charge is 0.275 e. The third-order valence-corrected chi connectivity index (χ3v) is 3.08. The summed E-state index contributed by atoms with van der Waals surface area (Å²) in [5, 5.41) is 15.3. The lowest BCUT2D eigenvalue weighted by Gasteiger charge is -2.04. The quantitative estimate of drug-likeness (QED) is 0.691. The molecule has 0 saturated carbocycles. The van der Waals surface area contributed by atoms with E-state index in [0.29, 0.717) is 12.1 Å². The summed E-state index contributed by atoms with van der Waals surface area (Å²) in [6.45, 7) is 0. The van der Waals surface area contributed by atoms with Crippen molar-refractivity contribution in [2.45, 2.75) is 6.42 Å². The molecule has 0 saturated heterocycles. The SMILES string of the molecule is N=Cc1c(N)c(Cc2cccs2)n[nH]c1=O. The van der Waals surface area contributed by atoms with Gasteiger partial charge in [0.25, 0.3) is 5.56 Å². The molecule has 2 heterocycles. The fourth-order valence-electron chi connectivity index (χ4n) is 1.37. The molecule has 0 unspecified atom stereocenters. The van der Waals surface area contributed by atoms with Crippen molar-refractivity contribution in [3.63, 3.8) is 0 Å². The number of nitrogens with two attached hydrogens (primary N) is 1. The van der Waals surface area contributed by atoms with E-state index in [2.05, 4.69) is 10.2 Å². The van der Waals surface area contributed by atoms with E-state index in [1.807, 2.05) is 17.5 Å². The average molecular weight is 234 g/mol. The number of aromatic nitrogens is 2. The Hall–Kier alpha value is -1.95. The molecule has 0 atom stereocenters. The maximum atomic E-state index is 11.3. The van der Waals surface area contributed by atoms with Gasteiger partial charge in [0.05, 0.1) is 16.9 Å². The number of aromatic amines is 1. The van der Waals surface area contributed by atoms with Gasteiger partial charge in [0.2, 0.25) is 0 Å². The van der Waals surface area contributed by atoms with Crippen molar-refractivity contribution in [3.8, 4) is 0 Å². The van der Waals surface area contributed by atoms with Crippen LogP contribution in [0.4, 0.5) is 5.69 Å². The van der Waals surface area contributed by atoms with Crippen LogP contribution in [0.25, 0.3) is 0 Å². The molecule has 6 heteroatoms. The van der Waals surface area contributed by atoms with Gasteiger partial charge in [-0.2, -0.15) is 5.10 Å². The molecule has 0 aliphatic heterocycles. The monoisotopic (exact) mass is 234 g/mol. The van der Waals surface area contributed by atoms with Gasteiger partial charge >= 0.3 is 0 Å². The van der Waals surface area contributed by atoms with Crippen LogP contribution in [0.3, 0.4) is 0 Å². The molecule has 0 aliphatic carbocycles. The second-order valence-electron chi connectivity index (χ2n) is 3.23. The van der Waals surface area contributed by atoms with E-state index < -0.39 is 5.56 Å². The maximum Gasteiger partial charge on any atom is 0.275 e. The Morgan fingerprint density at radius 1 is 1.62 bits per heavy atom. The normalized spacial score (nSPS) is 10.2. The van der Waals surface area contributed by atoms with Crippen LogP contribution < -0.4 is 11.3 Å². The number of rotatable bonds is 3. The Morgan fingerprint density at radius 3 is 3.06 bits per heavy atom. The van der Waals surface area contributed by atoms with E-state index in [-0.39, 0.29) is 11.3 Å². The third kappa shape index (κ3) is 1.87. The van der Waals surface area contributed by atoms with Gasteiger partial charge in [0, 0.05) is 17.5 Å². The molecule has 2 rings (SSSR count). The summed E-state index contributed by atoms with van der Waals surface area (Å²) in [4.78, 5) is 12.4. The summed E-state index contributed by atoms with van der Waals surface area (Å²) in [6.07, 6.45) is 1.52. The number of hydrogen-bond acceptors (Lipinski definition) is 5. The Bertz CT molecular complexity index is 559. The minimum absolute atomic E-state index is 0.168. The van der Waals surface area contributed by atoms with Gasteiger partial charge in [-0.15, -0.1) is 11.3 Å². The molecule has 2 aromatic rings. The highest BCUT2D eigenvalue weighted by molar-refractivity contribution is 7.09. The van der Waals surface area contributed by atoms with E-state index in [4.69, 9.17) is 11.1 Å². The van der Waals surface area contributed by atoms with Gasteiger partial charge in [-0.05, 0) is 11.4 Å². The molecule has 4 N–H and O–H groups in total. The molecule has 0 aliphatic rings. The van der Waals surface area contributed by atoms with E-state index in [1.165, 1.54) is 0 Å². The van der Waals surface area contributed by atoms with Gasteiger partial charge in [0.15, 0.2) is 0 Å². The van der Waals surface area contributed by atoms with Crippen LogP contribution in [0, 0.1) is 5.41 Å². The Labute approximate surface area is 95.5 Å². The van der Waals surface area contributed by atoms with Crippen LogP contribution in [0.2, 0.25) is 0 Å². The van der Waals surface area contributed by atoms with Crippen molar-refractivity contribution in [3.05, 3.63) is 44.0 Å².